The van der Waals surface area contributed by atoms with Crippen LogP contribution >= 0.6 is 11.3 Å². The van der Waals surface area contributed by atoms with E-state index in [9.17, 15) is 18.0 Å². The lowest BCUT2D eigenvalue weighted by Gasteiger charge is -2.07. The number of thiazole rings is 1. The summed E-state index contributed by atoms with van der Waals surface area (Å²) in [6.45, 7) is 3.95. The monoisotopic (exact) mass is 473 g/mol. The second-order valence-corrected chi connectivity index (χ2v) is 8.04. The average molecular weight is 473 g/mol. The maximum atomic E-state index is 12.7. The smallest absolute Gasteiger partial charge is 0.416 e. The van der Waals surface area contributed by atoms with Crippen molar-refractivity contribution in [2.24, 2.45) is 0 Å². The fourth-order valence-corrected chi connectivity index (χ4v) is 3.74. The van der Waals surface area contributed by atoms with E-state index in [2.05, 4.69) is 15.5 Å². The van der Waals surface area contributed by atoms with Crippen molar-refractivity contribution in [3.8, 4) is 17.0 Å². The van der Waals surface area contributed by atoms with Gasteiger partial charge in [-0.2, -0.15) is 13.2 Å². The number of anilines is 1. The van der Waals surface area contributed by atoms with Crippen molar-refractivity contribution in [3.05, 3.63) is 82.1 Å². The van der Waals surface area contributed by atoms with Gasteiger partial charge in [-0.05, 0) is 50.2 Å². The molecule has 0 aliphatic carbocycles. The fraction of sp³-hybridized carbons (Fsp3) is 0.174. The Bertz CT molecular complexity index is 1240. The first-order chi connectivity index (χ1) is 15.7. The number of aryl methyl sites for hydroxylation is 2. The molecule has 0 saturated heterocycles. The first-order valence-corrected chi connectivity index (χ1v) is 10.7. The number of hydrogen-bond acceptors (Lipinski definition) is 6. The molecule has 1 amide bonds. The molecule has 1 N–H and O–H groups in total. The van der Waals surface area contributed by atoms with Crippen LogP contribution in [0.1, 0.15) is 32.9 Å². The van der Waals surface area contributed by atoms with E-state index in [0.29, 0.717) is 40.1 Å². The molecule has 0 aliphatic heterocycles. The van der Waals surface area contributed by atoms with Crippen LogP contribution in [-0.2, 0) is 12.8 Å². The van der Waals surface area contributed by atoms with E-state index in [1.165, 1.54) is 23.5 Å². The van der Waals surface area contributed by atoms with Crippen molar-refractivity contribution in [3.63, 3.8) is 0 Å². The number of ether oxygens (including phenoxy) is 1. The Morgan fingerprint density at radius 3 is 2.39 bits per heavy atom. The molecule has 4 aromatic rings. The summed E-state index contributed by atoms with van der Waals surface area (Å²) in [5, 5.41) is 8.59. The zero-order chi connectivity index (χ0) is 23.6. The quantitative estimate of drug-likeness (QED) is 0.357. The molecule has 0 radical (unpaired) electrons. The fourth-order valence-electron chi connectivity index (χ4n) is 3.03. The van der Waals surface area contributed by atoms with Crippen LogP contribution in [0.2, 0.25) is 0 Å². The van der Waals surface area contributed by atoms with Crippen molar-refractivity contribution in [2.45, 2.75) is 26.6 Å². The lowest BCUT2D eigenvalue weighted by molar-refractivity contribution is -0.137. The normalized spacial score (nSPS) is 11.4. The Morgan fingerprint density at radius 1 is 1.09 bits per heavy atom. The summed E-state index contributed by atoms with van der Waals surface area (Å²) in [6.07, 6.45) is -4.39. The van der Waals surface area contributed by atoms with Crippen LogP contribution in [0.5, 0.6) is 5.75 Å². The molecule has 2 heterocycles. The number of alkyl halides is 3. The third-order valence-corrected chi connectivity index (χ3v) is 5.67. The summed E-state index contributed by atoms with van der Waals surface area (Å²) < 4.78 is 49.0. The minimum absolute atomic E-state index is 0.304. The SMILES string of the molecule is Cc1noc(C)c1COc1ccc(C(=O)Nc2nc(-c3ccc(C(F)(F)F)cc3)cs2)cc1. The molecule has 4 rings (SSSR count). The van der Waals surface area contributed by atoms with Crippen LogP contribution in [0, 0.1) is 13.8 Å². The summed E-state index contributed by atoms with van der Waals surface area (Å²) >= 11 is 1.18. The van der Waals surface area contributed by atoms with Crippen molar-refractivity contribution >= 4 is 22.4 Å². The zero-order valence-corrected chi connectivity index (χ0v) is 18.4. The predicted octanol–water partition coefficient (Wildman–Crippen LogP) is 6.27. The summed E-state index contributed by atoms with van der Waals surface area (Å²) in [6, 6.07) is 11.3. The zero-order valence-electron chi connectivity index (χ0n) is 17.6. The molecule has 0 spiro atoms. The lowest BCUT2D eigenvalue weighted by Crippen LogP contribution is -2.11. The molecule has 0 unspecified atom stereocenters. The minimum Gasteiger partial charge on any atom is -0.489 e. The number of carbonyl (C=O) groups is 1. The maximum absolute atomic E-state index is 12.7. The van der Waals surface area contributed by atoms with E-state index < -0.39 is 11.7 Å². The van der Waals surface area contributed by atoms with Gasteiger partial charge in [0.05, 0.1) is 22.5 Å². The molecule has 0 saturated carbocycles. The van der Waals surface area contributed by atoms with Crippen LogP contribution in [0.15, 0.2) is 58.4 Å². The number of rotatable bonds is 6. The van der Waals surface area contributed by atoms with Crippen molar-refractivity contribution in [2.75, 3.05) is 5.32 Å². The topological polar surface area (TPSA) is 77.2 Å². The second-order valence-electron chi connectivity index (χ2n) is 7.18. The maximum Gasteiger partial charge on any atom is 0.416 e. The molecular weight excluding hydrogens is 455 g/mol. The molecule has 6 nitrogen and oxygen atoms in total. The predicted molar refractivity (Wildman–Crippen MR) is 117 cm³/mol. The Hall–Kier alpha value is -3.66. The van der Waals surface area contributed by atoms with Crippen LogP contribution in [0.25, 0.3) is 11.3 Å². The number of hydrogen-bond donors (Lipinski definition) is 1. The van der Waals surface area contributed by atoms with Crippen LogP contribution in [0.3, 0.4) is 0 Å². The molecule has 170 valence electrons. The van der Waals surface area contributed by atoms with Crippen LogP contribution in [-0.4, -0.2) is 16.0 Å². The summed E-state index contributed by atoms with van der Waals surface area (Å²) in [5.41, 5.74) is 2.33. The summed E-state index contributed by atoms with van der Waals surface area (Å²) in [7, 11) is 0. The molecule has 33 heavy (non-hydrogen) atoms. The van der Waals surface area contributed by atoms with Gasteiger partial charge in [-0.3, -0.25) is 10.1 Å². The third kappa shape index (κ3) is 5.23. The van der Waals surface area contributed by atoms with E-state index >= 15 is 0 Å². The Morgan fingerprint density at radius 2 is 1.79 bits per heavy atom. The van der Waals surface area contributed by atoms with Gasteiger partial charge < -0.3 is 9.26 Å². The van der Waals surface area contributed by atoms with Gasteiger partial charge in [-0.1, -0.05) is 17.3 Å². The highest BCUT2D eigenvalue weighted by molar-refractivity contribution is 7.14. The Kier molecular flexibility index (Phi) is 6.19. The summed E-state index contributed by atoms with van der Waals surface area (Å²) in [4.78, 5) is 16.8. The van der Waals surface area contributed by atoms with Crippen molar-refractivity contribution in [1.29, 1.82) is 0 Å². The number of nitrogens with one attached hydrogen (secondary N) is 1. The number of halogens is 3. The third-order valence-electron chi connectivity index (χ3n) is 4.91. The number of carbonyl (C=O) groups excluding carboxylic acids is 1. The number of aromatic nitrogens is 2. The van der Waals surface area contributed by atoms with Gasteiger partial charge in [0.1, 0.15) is 18.1 Å². The highest BCUT2D eigenvalue weighted by Crippen LogP contribution is 2.32. The van der Waals surface area contributed by atoms with Gasteiger partial charge in [0.25, 0.3) is 5.91 Å². The van der Waals surface area contributed by atoms with E-state index in [0.717, 1.165) is 23.4 Å². The Balaban J connectivity index is 1.37. The molecule has 0 fully saturated rings. The van der Waals surface area contributed by atoms with Gasteiger partial charge in [-0.25, -0.2) is 4.98 Å². The van der Waals surface area contributed by atoms with Gasteiger partial charge >= 0.3 is 6.18 Å². The first kappa shape index (κ1) is 22.5. The van der Waals surface area contributed by atoms with Gasteiger partial charge in [0.2, 0.25) is 0 Å². The standard InChI is InChI=1S/C23H18F3N3O3S/c1-13-19(14(2)32-29-13)11-31-18-9-5-16(6-10-18)21(30)28-22-27-20(12-33-22)15-3-7-17(8-4-15)23(24,25)26/h3-10,12H,11H2,1-2H3,(H,27,28,30). The van der Waals surface area contributed by atoms with Gasteiger partial charge in [0.15, 0.2) is 5.13 Å². The first-order valence-electron chi connectivity index (χ1n) is 9.80. The highest BCUT2D eigenvalue weighted by atomic mass is 32.1. The van der Waals surface area contributed by atoms with Crippen LogP contribution < -0.4 is 10.1 Å². The molecule has 0 bridgehead atoms. The molecule has 2 aromatic carbocycles. The van der Waals surface area contributed by atoms with Gasteiger partial charge in [0, 0.05) is 16.5 Å². The molecule has 0 aliphatic rings. The van der Waals surface area contributed by atoms with Crippen LogP contribution in [0.4, 0.5) is 18.3 Å². The highest BCUT2D eigenvalue weighted by Gasteiger charge is 2.30. The van der Waals surface area contributed by atoms with Crippen molar-refractivity contribution < 1.29 is 27.2 Å². The molecule has 10 heteroatoms. The van der Waals surface area contributed by atoms with Crippen molar-refractivity contribution in [1.82, 2.24) is 10.1 Å². The van der Waals surface area contributed by atoms with E-state index in [-0.39, 0.29) is 5.91 Å². The minimum atomic E-state index is -4.39. The average Bonchev–Trinajstić information content (AvgIpc) is 3.38. The van der Waals surface area contributed by atoms with E-state index in [1.54, 1.807) is 29.6 Å². The van der Waals surface area contributed by atoms with E-state index in [1.807, 2.05) is 13.8 Å². The Labute approximate surface area is 191 Å². The second kappa shape index (κ2) is 9.07. The lowest BCUT2D eigenvalue weighted by atomic mass is 10.1. The largest absolute Gasteiger partial charge is 0.489 e. The molecular formula is C23H18F3N3O3S. The van der Waals surface area contributed by atoms with Gasteiger partial charge in [-0.15, -0.1) is 11.3 Å². The molecule has 0 atom stereocenters. The molecule has 2 aromatic heterocycles. The number of nitrogens with zero attached hydrogens (tertiary/aromatic N) is 2. The number of amides is 1. The number of benzene rings is 2. The summed E-state index contributed by atoms with van der Waals surface area (Å²) in [5.74, 6) is 0.925. The van der Waals surface area contributed by atoms with E-state index in [4.69, 9.17) is 9.26 Å².